The van der Waals surface area contributed by atoms with Crippen molar-refractivity contribution in [2.24, 2.45) is 17.8 Å². The number of ether oxygens (including phenoxy) is 6. The zero-order valence-corrected chi connectivity index (χ0v) is 38.2. The molecular weight excluding hydrogens is 778 g/mol. The number of esters is 1. The molecular formula is C43H77N5O12. The SMILES string of the molecule is CC[C@@H]1OC(=O)[C@H](C)[C@H](O[C@H]2C[C@@H](OC)[C@](O)(CNCc3cnc(C)cn3)[C@H](C)O2)[C@@H](C)[C@@H](O[C@@H]2O[C@H](C)C[C@H](N(C)C)[C@H]2O)[C@](C)(O)C[C@@H](C)NC[C@@H](C)[C@H](O)[C@]1(C)O. The van der Waals surface area contributed by atoms with Crippen molar-refractivity contribution in [1.29, 1.82) is 0 Å². The highest BCUT2D eigenvalue weighted by atomic mass is 16.7. The Morgan fingerprint density at radius 3 is 2.28 bits per heavy atom. The number of cyclic esters (lactones) is 1. The Bertz CT molecular complexity index is 1490. The first-order valence-corrected chi connectivity index (χ1v) is 21.7. The second-order valence-electron chi connectivity index (χ2n) is 18.6. The highest BCUT2D eigenvalue weighted by Crippen LogP contribution is 2.39. The molecule has 0 aliphatic carbocycles. The van der Waals surface area contributed by atoms with Crippen LogP contribution in [0.15, 0.2) is 12.4 Å². The van der Waals surface area contributed by atoms with Gasteiger partial charge in [0.05, 0.1) is 59.5 Å². The van der Waals surface area contributed by atoms with Crippen molar-refractivity contribution in [2.75, 3.05) is 34.3 Å². The molecule has 0 aromatic carbocycles. The molecule has 0 spiro atoms. The summed E-state index contributed by atoms with van der Waals surface area (Å²) in [5.74, 6) is -3.02. The van der Waals surface area contributed by atoms with Gasteiger partial charge in [0, 0.05) is 63.6 Å². The summed E-state index contributed by atoms with van der Waals surface area (Å²) in [6.45, 7) is 18.3. The van der Waals surface area contributed by atoms with Crippen LogP contribution in [-0.2, 0) is 39.8 Å². The number of hydrogen-bond donors (Lipinski definition) is 7. The third-order valence-corrected chi connectivity index (χ3v) is 13.1. The largest absolute Gasteiger partial charge is 0.459 e. The van der Waals surface area contributed by atoms with Crippen LogP contribution in [0.2, 0.25) is 0 Å². The number of carbonyl (C=O) groups is 1. The second-order valence-corrected chi connectivity index (χ2v) is 18.6. The van der Waals surface area contributed by atoms with Crippen LogP contribution in [-0.4, -0.2) is 171 Å². The summed E-state index contributed by atoms with van der Waals surface area (Å²) >= 11 is 0. The molecule has 17 nitrogen and oxygen atoms in total. The van der Waals surface area contributed by atoms with E-state index in [0.29, 0.717) is 18.7 Å². The first kappa shape index (κ1) is 50.7. The van der Waals surface area contributed by atoms with Gasteiger partial charge in [0.1, 0.15) is 23.4 Å². The minimum atomic E-state index is -1.81. The summed E-state index contributed by atoms with van der Waals surface area (Å²) in [6.07, 6.45) is -5.27. The molecule has 346 valence electrons. The van der Waals surface area contributed by atoms with Crippen molar-refractivity contribution in [3.05, 3.63) is 23.8 Å². The van der Waals surface area contributed by atoms with Gasteiger partial charge in [-0.1, -0.05) is 20.8 Å². The quantitative estimate of drug-likeness (QED) is 0.156. The average Bonchev–Trinajstić information content (AvgIpc) is 3.18. The highest BCUT2D eigenvalue weighted by molar-refractivity contribution is 5.73. The van der Waals surface area contributed by atoms with E-state index in [1.54, 1.807) is 53.9 Å². The smallest absolute Gasteiger partial charge is 0.311 e. The molecule has 0 unspecified atom stereocenters. The number of aliphatic hydroxyl groups is 5. The van der Waals surface area contributed by atoms with E-state index in [-0.39, 0.29) is 50.5 Å². The molecule has 7 N–H and O–H groups in total. The summed E-state index contributed by atoms with van der Waals surface area (Å²) in [7, 11) is 5.26. The minimum absolute atomic E-state index is 0.0695. The van der Waals surface area contributed by atoms with Gasteiger partial charge in [0.2, 0.25) is 0 Å². The Labute approximate surface area is 357 Å². The Hall–Kier alpha value is -1.97. The maximum Gasteiger partial charge on any atom is 0.311 e. The van der Waals surface area contributed by atoms with E-state index < -0.39 is 95.8 Å². The van der Waals surface area contributed by atoms with Crippen LogP contribution in [0.25, 0.3) is 0 Å². The molecule has 17 heteroatoms. The molecule has 3 saturated heterocycles. The van der Waals surface area contributed by atoms with Gasteiger partial charge in [-0.3, -0.25) is 14.8 Å². The fourth-order valence-electron chi connectivity index (χ4n) is 9.34. The van der Waals surface area contributed by atoms with Crippen molar-refractivity contribution >= 4 is 5.97 Å². The van der Waals surface area contributed by atoms with E-state index in [1.165, 1.54) is 14.0 Å². The number of nitrogens with one attached hydrogen (secondary N) is 2. The molecule has 3 fully saturated rings. The normalized spacial score (nSPS) is 44.2. The monoisotopic (exact) mass is 856 g/mol. The van der Waals surface area contributed by atoms with Crippen molar-refractivity contribution in [1.82, 2.24) is 25.5 Å². The lowest BCUT2D eigenvalue weighted by Gasteiger charge is -2.49. The van der Waals surface area contributed by atoms with Crippen LogP contribution in [0.1, 0.15) is 99.4 Å². The Kier molecular flexibility index (Phi) is 17.9. The predicted molar refractivity (Wildman–Crippen MR) is 222 cm³/mol. The lowest BCUT2D eigenvalue weighted by atomic mass is 9.78. The number of aromatic nitrogens is 2. The Morgan fingerprint density at radius 1 is 1.00 bits per heavy atom. The summed E-state index contributed by atoms with van der Waals surface area (Å²) in [4.78, 5) is 25.0. The summed E-state index contributed by atoms with van der Waals surface area (Å²) < 4.78 is 38.1. The molecule has 18 atom stereocenters. The van der Waals surface area contributed by atoms with Gasteiger partial charge in [0.15, 0.2) is 12.6 Å². The highest BCUT2D eigenvalue weighted by Gasteiger charge is 2.53. The summed E-state index contributed by atoms with van der Waals surface area (Å²) in [5, 5.41) is 66.0. The standard InChI is InChI=1S/C43H77N5O12/c1-14-32-42(10,53)37(50)23(2)18-45-24(3)17-41(9,52)38(60-40-35(49)31(48(11)12)15-26(5)56-40)27(6)36(28(7)39(51)58-32)59-34-16-33(55-13)43(54,29(8)57-34)22-44-20-30-21-46-25(4)19-47-30/h19,21,23-24,26-29,31-38,40,44-45,49-50,52-54H,14-18,20,22H2,1-13H3/t23-,24-,26-,27-,28-,29+,31+,32+,33-,34+,35-,36-,37+,38-,40+,41-,42-,43+/m1/s1. The summed E-state index contributed by atoms with van der Waals surface area (Å²) in [5.41, 5.74) is -3.41. The number of likely N-dealkylation sites (N-methyl/N-ethyl adjacent to an activating group) is 1. The first-order valence-electron chi connectivity index (χ1n) is 21.7. The lowest BCUT2D eigenvalue weighted by molar-refractivity contribution is -0.320. The van der Waals surface area contributed by atoms with Gasteiger partial charge in [-0.05, 0) is 87.7 Å². The molecule has 3 aliphatic heterocycles. The number of nitrogens with zero attached hydrogens (tertiary/aromatic N) is 3. The number of aliphatic hydroxyl groups excluding tert-OH is 2. The van der Waals surface area contributed by atoms with Gasteiger partial charge >= 0.3 is 5.97 Å². The third-order valence-electron chi connectivity index (χ3n) is 13.1. The Morgan fingerprint density at radius 2 is 1.68 bits per heavy atom. The Balaban J connectivity index is 1.72. The molecule has 0 amide bonds. The third kappa shape index (κ3) is 12.0. The van der Waals surface area contributed by atoms with E-state index >= 15 is 0 Å². The van der Waals surface area contributed by atoms with Gasteiger partial charge in [-0.2, -0.15) is 0 Å². The molecule has 60 heavy (non-hydrogen) atoms. The second kappa shape index (κ2) is 21.1. The maximum atomic E-state index is 14.4. The fourth-order valence-corrected chi connectivity index (χ4v) is 9.34. The van der Waals surface area contributed by atoms with Gasteiger partial charge in [0.25, 0.3) is 0 Å². The predicted octanol–water partition coefficient (Wildman–Crippen LogP) is 1.43. The van der Waals surface area contributed by atoms with Crippen LogP contribution in [0.5, 0.6) is 0 Å². The van der Waals surface area contributed by atoms with Gasteiger partial charge in [-0.15, -0.1) is 0 Å². The molecule has 4 rings (SSSR count). The van der Waals surface area contributed by atoms with E-state index in [2.05, 4.69) is 20.6 Å². The van der Waals surface area contributed by atoms with E-state index in [0.717, 1.165) is 5.69 Å². The van der Waals surface area contributed by atoms with Crippen LogP contribution < -0.4 is 10.6 Å². The van der Waals surface area contributed by atoms with Crippen molar-refractivity contribution in [2.45, 2.75) is 192 Å². The number of methoxy groups -OCH3 is 1. The molecule has 0 saturated carbocycles. The average molecular weight is 856 g/mol. The number of aryl methyl sites for hydroxylation is 1. The van der Waals surface area contributed by atoms with Crippen LogP contribution in [0.4, 0.5) is 0 Å². The first-order chi connectivity index (χ1) is 28.0. The van der Waals surface area contributed by atoms with Crippen LogP contribution >= 0.6 is 0 Å². The maximum absolute atomic E-state index is 14.4. The molecule has 1 aromatic heterocycles. The number of hydrogen-bond acceptors (Lipinski definition) is 17. The van der Waals surface area contributed by atoms with E-state index in [4.69, 9.17) is 28.4 Å². The zero-order valence-electron chi connectivity index (χ0n) is 38.2. The minimum Gasteiger partial charge on any atom is -0.459 e. The van der Waals surface area contributed by atoms with Gasteiger partial charge in [-0.25, -0.2) is 0 Å². The van der Waals surface area contributed by atoms with Crippen molar-refractivity contribution < 1.29 is 58.7 Å². The fraction of sp³-hybridized carbons (Fsp3) is 0.884. The van der Waals surface area contributed by atoms with Crippen molar-refractivity contribution in [3.63, 3.8) is 0 Å². The zero-order chi connectivity index (χ0) is 44.9. The van der Waals surface area contributed by atoms with E-state index in [1.807, 2.05) is 39.8 Å². The summed E-state index contributed by atoms with van der Waals surface area (Å²) in [6, 6.07) is -0.615. The molecule has 0 radical (unpaired) electrons. The van der Waals surface area contributed by atoms with E-state index in [9.17, 15) is 30.3 Å². The number of rotatable bonds is 11. The number of carbonyl (C=O) groups excluding carboxylic acids is 1. The van der Waals surface area contributed by atoms with Crippen LogP contribution in [0, 0.1) is 24.7 Å². The van der Waals surface area contributed by atoms with Crippen LogP contribution in [0.3, 0.4) is 0 Å². The van der Waals surface area contributed by atoms with Crippen molar-refractivity contribution in [3.8, 4) is 0 Å². The topological polar surface area (TPSA) is 227 Å². The molecule has 0 bridgehead atoms. The van der Waals surface area contributed by atoms with Gasteiger partial charge < -0.3 is 69.5 Å². The molecule has 1 aromatic rings. The molecule has 3 aliphatic rings. The lowest BCUT2D eigenvalue weighted by Crippen LogP contribution is -2.64. The molecule has 4 heterocycles.